The van der Waals surface area contributed by atoms with Crippen LogP contribution in [0.1, 0.15) is 38.2 Å². The van der Waals surface area contributed by atoms with Gasteiger partial charge >= 0.3 is 0 Å². The predicted octanol–water partition coefficient (Wildman–Crippen LogP) is 2.49. The lowest BCUT2D eigenvalue weighted by molar-refractivity contribution is 0.273. The number of likely N-dealkylation sites (tertiary alicyclic amines) is 1. The molecule has 2 aliphatic rings. The van der Waals surface area contributed by atoms with Crippen molar-refractivity contribution in [2.24, 2.45) is 10.9 Å². The van der Waals surface area contributed by atoms with Gasteiger partial charge in [-0.1, -0.05) is 6.92 Å². The zero-order valence-electron chi connectivity index (χ0n) is 14.5. The first-order valence-electron chi connectivity index (χ1n) is 8.92. The minimum Gasteiger partial charge on any atom is -0.357 e. The van der Waals surface area contributed by atoms with E-state index in [-0.39, 0.29) is 0 Å². The Kier molecular flexibility index (Phi) is 5.36. The summed E-state index contributed by atoms with van der Waals surface area (Å²) in [7, 11) is 1.88. The topological polar surface area (TPSA) is 43.8 Å². The normalized spacial score (nSPS) is 20.2. The second-order valence-corrected chi connectivity index (χ2v) is 6.79. The van der Waals surface area contributed by atoms with Crippen molar-refractivity contribution in [3.63, 3.8) is 0 Å². The number of nitrogens with zero attached hydrogens (tertiary/aromatic N) is 4. The second-order valence-electron chi connectivity index (χ2n) is 6.79. The van der Waals surface area contributed by atoms with Gasteiger partial charge in [0.25, 0.3) is 0 Å². The summed E-state index contributed by atoms with van der Waals surface area (Å²) in [6.45, 7) is 7.63. The molecule has 2 fully saturated rings. The SMILES string of the molecule is CN=C(NCc1ccnc(N2CCCC2)c1)N1CCC(C)CC1. The molecule has 0 bridgehead atoms. The fourth-order valence-corrected chi connectivity index (χ4v) is 3.42. The van der Waals surface area contributed by atoms with Crippen molar-refractivity contribution in [3.8, 4) is 0 Å². The fourth-order valence-electron chi connectivity index (χ4n) is 3.42. The van der Waals surface area contributed by atoms with Crippen molar-refractivity contribution < 1.29 is 0 Å². The number of hydrogen-bond donors (Lipinski definition) is 1. The van der Waals surface area contributed by atoms with E-state index in [2.05, 4.69) is 44.1 Å². The standard InChI is InChI=1S/C18H29N5/c1-15-6-11-23(12-7-15)18(19-2)21-14-16-5-8-20-17(13-16)22-9-3-4-10-22/h5,8,13,15H,3-4,6-7,9-12,14H2,1-2H3,(H,19,21). The molecule has 3 rings (SSSR count). The highest BCUT2D eigenvalue weighted by Crippen LogP contribution is 2.19. The third-order valence-corrected chi connectivity index (χ3v) is 4.99. The molecular formula is C18H29N5. The van der Waals surface area contributed by atoms with E-state index in [1.165, 1.54) is 31.2 Å². The highest BCUT2D eigenvalue weighted by Gasteiger charge is 2.18. The number of aromatic nitrogens is 1. The van der Waals surface area contributed by atoms with E-state index in [0.717, 1.165) is 50.4 Å². The molecule has 2 saturated heterocycles. The molecule has 1 N–H and O–H groups in total. The average molecular weight is 315 g/mol. The van der Waals surface area contributed by atoms with Gasteiger partial charge < -0.3 is 15.1 Å². The molecule has 0 unspecified atom stereocenters. The van der Waals surface area contributed by atoms with Crippen molar-refractivity contribution in [1.82, 2.24) is 15.2 Å². The number of nitrogens with one attached hydrogen (secondary N) is 1. The lowest BCUT2D eigenvalue weighted by Gasteiger charge is -2.33. The minimum atomic E-state index is 0.808. The maximum absolute atomic E-state index is 4.52. The molecule has 0 spiro atoms. The van der Waals surface area contributed by atoms with Crippen molar-refractivity contribution in [2.45, 2.75) is 39.2 Å². The van der Waals surface area contributed by atoms with Gasteiger partial charge in [0.15, 0.2) is 5.96 Å². The van der Waals surface area contributed by atoms with E-state index in [1.54, 1.807) is 0 Å². The zero-order valence-corrected chi connectivity index (χ0v) is 14.5. The maximum atomic E-state index is 4.52. The Morgan fingerprint density at radius 1 is 1.26 bits per heavy atom. The van der Waals surface area contributed by atoms with Crippen LogP contribution in [0.4, 0.5) is 5.82 Å². The second kappa shape index (κ2) is 7.66. The predicted molar refractivity (Wildman–Crippen MR) is 95.9 cm³/mol. The molecule has 2 aliphatic heterocycles. The average Bonchev–Trinajstić information content (AvgIpc) is 3.12. The molecule has 0 radical (unpaired) electrons. The van der Waals surface area contributed by atoms with Crippen LogP contribution in [0.2, 0.25) is 0 Å². The molecule has 0 aromatic carbocycles. The smallest absolute Gasteiger partial charge is 0.193 e. The number of piperidine rings is 1. The Morgan fingerprint density at radius 3 is 2.70 bits per heavy atom. The summed E-state index contributed by atoms with van der Waals surface area (Å²) in [5.74, 6) is 2.98. The molecule has 5 heteroatoms. The number of pyridine rings is 1. The summed E-state index contributed by atoms with van der Waals surface area (Å²) in [5.41, 5.74) is 1.27. The Labute approximate surface area is 139 Å². The lowest BCUT2D eigenvalue weighted by Crippen LogP contribution is -2.45. The highest BCUT2D eigenvalue weighted by molar-refractivity contribution is 5.80. The minimum absolute atomic E-state index is 0.808. The summed E-state index contributed by atoms with van der Waals surface area (Å²) < 4.78 is 0. The van der Waals surface area contributed by atoms with Crippen LogP contribution in [0, 0.1) is 5.92 Å². The van der Waals surface area contributed by atoms with Crippen LogP contribution in [0.3, 0.4) is 0 Å². The fraction of sp³-hybridized carbons (Fsp3) is 0.667. The molecule has 0 aliphatic carbocycles. The van der Waals surface area contributed by atoms with Gasteiger partial charge in [-0.15, -0.1) is 0 Å². The summed E-state index contributed by atoms with van der Waals surface area (Å²) in [6, 6.07) is 4.31. The van der Waals surface area contributed by atoms with Crippen LogP contribution in [-0.4, -0.2) is 49.1 Å². The van der Waals surface area contributed by atoms with Crippen LogP contribution >= 0.6 is 0 Å². The van der Waals surface area contributed by atoms with Gasteiger partial charge in [0.05, 0.1) is 0 Å². The molecule has 1 aromatic heterocycles. The Hall–Kier alpha value is -1.78. The van der Waals surface area contributed by atoms with Crippen LogP contribution in [0.25, 0.3) is 0 Å². The number of rotatable bonds is 3. The number of guanidine groups is 1. The Bertz CT molecular complexity index is 528. The summed E-state index contributed by atoms with van der Waals surface area (Å²) >= 11 is 0. The third kappa shape index (κ3) is 4.15. The summed E-state index contributed by atoms with van der Waals surface area (Å²) in [5, 5.41) is 3.52. The van der Waals surface area contributed by atoms with E-state index in [4.69, 9.17) is 0 Å². The first-order chi connectivity index (χ1) is 11.3. The van der Waals surface area contributed by atoms with Gasteiger partial charge in [0, 0.05) is 46.0 Å². The Morgan fingerprint density at radius 2 is 2.00 bits per heavy atom. The van der Waals surface area contributed by atoms with Crippen molar-refractivity contribution in [3.05, 3.63) is 23.9 Å². The molecule has 3 heterocycles. The van der Waals surface area contributed by atoms with E-state index in [9.17, 15) is 0 Å². The van der Waals surface area contributed by atoms with Crippen molar-refractivity contribution >= 4 is 11.8 Å². The molecule has 5 nitrogen and oxygen atoms in total. The highest BCUT2D eigenvalue weighted by atomic mass is 15.3. The monoisotopic (exact) mass is 315 g/mol. The van der Waals surface area contributed by atoms with Crippen LogP contribution < -0.4 is 10.2 Å². The molecule has 1 aromatic rings. The van der Waals surface area contributed by atoms with Crippen molar-refractivity contribution in [1.29, 1.82) is 0 Å². The molecule has 0 saturated carbocycles. The van der Waals surface area contributed by atoms with E-state index in [1.807, 2.05) is 13.2 Å². The zero-order chi connectivity index (χ0) is 16.1. The van der Waals surface area contributed by atoms with Gasteiger partial charge in [0.1, 0.15) is 5.82 Å². The van der Waals surface area contributed by atoms with E-state index >= 15 is 0 Å². The van der Waals surface area contributed by atoms with Gasteiger partial charge in [0.2, 0.25) is 0 Å². The molecule has 126 valence electrons. The summed E-state index contributed by atoms with van der Waals surface area (Å²) in [6.07, 6.45) is 7.01. The molecule has 23 heavy (non-hydrogen) atoms. The van der Waals surface area contributed by atoms with Crippen LogP contribution in [0.15, 0.2) is 23.3 Å². The van der Waals surface area contributed by atoms with Gasteiger partial charge in [-0.25, -0.2) is 4.98 Å². The molecule has 0 amide bonds. The molecular weight excluding hydrogens is 286 g/mol. The number of hydrogen-bond acceptors (Lipinski definition) is 3. The first-order valence-corrected chi connectivity index (χ1v) is 8.92. The third-order valence-electron chi connectivity index (χ3n) is 4.99. The maximum Gasteiger partial charge on any atom is 0.193 e. The largest absolute Gasteiger partial charge is 0.357 e. The van der Waals surface area contributed by atoms with E-state index < -0.39 is 0 Å². The van der Waals surface area contributed by atoms with Gasteiger partial charge in [-0.2, -0.15) is 0 Å². The Balaban J connectivity index is 1.57. The van der Waals surface area contributed by atoms with Crippen LogP contribution in [0.5, 0.6) is 0 Å². The lowest BCUT2D eigenvalue weighted by atomic mass is 10.00. The summed E-state index contributed by atoms with van der Waals surface area (Å²) in [4.78, 5) is 13.7. The number of aliphatic imine (C=N–C) groups is 1. The van der Waals surface area contributed by atoms with Crippen LogP contribution in [-0.2, 0) is 6.54 Å². The van der Waals surface area contributed by atoms with Gasteiger partial charge in [-0.05, 0) is 49.3 Å². The van der Waals surface area contributed by atoms with Gasteiger partial charge in [-0.3, -0.25) is 4.99 Å². The molecule has 0 atom stereocenters. The van der Waals surface area contributed by atoms with Crippen molar-refractivity contribution in [2.75, 3.05) is 38.1 Å². The number of anilines is 1. The first kappa shape index (κ1) is 16.1. The quantitative estimate of drug-likeness (QED) is 0.687. The van der Waals surface area contributed by atoms with E-state index in [0.29, 0.717) is 0 Å².